The van der Waals surface area contributed by atoms with Crippen molar-refractivity contribution in [1.29, 1.82) is 0 Å². The summed E-state index contributed by atoms with van der Waals surface area (Å²) in [5.41, 5.74) is 0.627. The number of nitrogens with one attached hydrogen (secondary N) is 2. The summed E-state index contributed by atoms with van der Waals surface area (Å²) in [7, 11) is 0. The summed E-state index contributed by atoms with van der Waals surface area (Å²) in [5, 5.41) is 6.47. The lowest BCUT2D eigenvalue weighted by Crippen LogP contribution is -2.39. The zero-order chi connectivity index (χ0) is 19.3. The highest BCUT2D eigenvalue weighted by atomic mass is 19.3. The molecule has 1 heterocycles. The summed E-state index contributed by atoms with van der Waals surface area (Å²) in [6, 6.07) is 6.73. The van der Waals surface area contributed by atoms with Gasteiger partial charge in [-0.25, -0.2) is 4.99 Å². The first-order valence-corrected chi connectivity index (χ1v) is 9.54. The lowest BCUT2D eigenvalue weighted by molar-refractivity contribution is -0.0504. The van der Waals surface area contributed by atoms with Gasteiger partial charge in [-0.3, -0.25) is 4.90 Å². The fraction of sp³-hybridized carbons (Fsp3) is 0.632. The number of unbranched alkanes of at least 4 members (excludes halogenated alkanes) is 1. The standard InChI is InChI=1S/C19H30F2N4O2/c1-2-22-19(23-9-5-6-10-25-11-13-26-14-12-25)24-15-16-7-3-4-8-17(16)27-18(20)21/h3-4,7-8,18H,2,5-6,9-15H2,1H3,(H2,22,23,24). The number of nitrogens with zero attached hydrogens (tertiary/aromatic N) is 2. The Balaban J connectivity index is 1.76. The maximum Gasteiger partial charge on any atom is 0.387 e. The van der Waals surface area contributed by atoms with E-state index in [9.17, 15) is 8.78 Å². The number of halogens is 2. The van der Waals surface area contributed by atoms with Crippen LogP contribution in [0.3, 0.4) is 0 Å². The molecule has 1 aromatic carbocycles. The van der Waals surface area contributed by atoms with E-state index in [1.165, 1.54) is 6.07 Å². The summed E-state index contributed by atoms with van der Waals surface area (Å²) in [6.45, 7) is 5.72. The van der Waals surface area contributed by atoms with Gasteiger partial charge in [0.25, 0.3) is 0 Å². The fourth-order valence-electron chi connectivity index (χ4n) is 2.84. The Kier molecular flexibility index (Phi) is 9.86. The number of para-hydroxylation sites is 1. The van der Waals surface area contributed by atoms with E-state index in [4.69, 9.17) is 4.74 Å². The fourth-order valence-corrected chi connectivity index (χ4v) is 2.84. The highest BCUT2D eigenvalue weighted by Crippen LogP contribution is 2.20. The zero-order valence-corrected chi connectivity index (χ0v) is 15.9. The van der Waals surface area contributed by atoms with Crippen molar-refractivity contribution in [3.63, 3.8) is 0 Å². The van der Waals surface area contributed by atoms with Gasteiger partial charge in [0.05, 0.1) is 19.8 Å². The third kappa shape index (κ3) is 8.53. The second kappa shape index (κ2) is 12.5. The number of morpholine rings is 1. The van der Waals surface area contributed by atoms with Crippen LogP contribution in [0, 0.1) is 0 Å². The van der Waals surface area contributed by atoms with E-state index in [-0.39, 0.29) is 12.3 Å². The molecule has 6 nitrogen and oxygen atoms in total. The molecule has 1 fully saturated rings. The highest BCUT2D eigenvalue weighted by molar-refractivity contribution is 5.79. The number of guanidine groups is 1. The number of benzene rings is 1. The molecule has 0 saturated carbocycles. The number of hydrogen-bond donors (Lipinski definition) is 2. The molecule has 0 bridgehead atoms. The molecular weight excluding hydrogens is 354 g/mol. The normalized spacial score (nSPS) is 15.8. The molecule has 1 saturated heterocycles. The summed E-state index contributed by atoms with van der Waals surface area (Å²) in [6.07, 6.45) is 2.14. The monoisotopic (exact) mass is 384 g/mol. The molecule has 27 heavy (non-hydrogen) atoms. The third-order valence-corrected chi connectivity index (χ3v) is 4.24. The quantitative estimate of drug-likeness (QED) is 0.369. The van der Waals surface area contributed by atoms with Crippen LogP contribution in [0.4, 0.5) is 8.78 Å². The number of alkyl halides is 2. The molecule has 0 radical (unpaired) electrons. The molecule has 0 aromatic heterocycles. The Morgan fingerprint density at radius 3 is 2.74 bits per heavy atom. The Bertz CT molecular complexity index is 566. The van der Waals surface area contributed by atoms with Gasteiger partial charge < -0.3 is 20.1 Å². The zero-order valence-electron chi connectivity index (χ0n) is 15.9. The van der Waals surface area contributed by atoms with Gasteiger partial charge in [-0.15, -0.1) is 0 Å². The summed E-state index contributed by atoms with van der Waals surface area (Å²) < 4.78 is 34.9. The van der Waals surface area contributed by atoms with Crippen molar-refractivity contribution >= 4 is 5.96 Å². The van der Waals surface area contributed by atoms with Crippen LogP contribution < -0.4 is 15.4 Å². The SMILES string of the molecule is CCNC(=NCc1ccccc1OC(F)F)NCCCCN1CCOCC1. The van der Waals surface area contributed by atoms with Crippen LogP contribution in [0.5, 0.6) is 5.75 Å². The predicted molar refractivity (Wildman–Crippen MR) is 102 cm³/mol. The molecular formula is C19H30F2N4O2. The topological polar surface area (TPSA) is 58.1 Å². The maximum atomic E-state index is 12.5. The molecule has 0 spiro atoms. The van der Waals surface area contributed by atoms with Crippen molar-refractivity contribution in [1.82, 2.24) is 15.5 Å². The number of aliphatic imine (C=N–C) groups is 1. The first-order valence-electron chi connectivity index (χ1n) is 9.54. The molecule has 2 rings (SSSR count). The minimum Gasteiger partial charge on any atom is -0.434 e. The highest BCUT2D eigenvalue weighted by Gasteiger charge is 2.10. The Morgan fingerprint density at radius 1 is 1.22 bits per heavy atom. The molecule has 0 atom stereocenters. The van der Waals surface area contributed by atoms with E-state index < -0.39 is 6.61 Å². The van der Waals surface area contributed by atoms with Gasteiger partial charge >= 0.3 is 6.61 Å². The second-order valence-corrected chi connectivity index (χ2v) is 6.27. The molecule has 1 aliphatic rings. The summed E-state index contributed by atoms with van der Waals surface area (Å²) in [4.78, 5) is 6.90. The van der Waals surface area contributed by atoms with Crippen LogP contribution in [0.15, 0.2) is 29.3 Å². The minimum absolute atomic E-state index is 0.164. The summed E-state index contributed by atoms with van der Waals surface area (Å²) in [5.74, 6) is 0.841. The average Bonchev–Trinajstić information content (AvgIpc) is 2.67. The van der Waals surface area contributed by atoms with Crippen molar-refractivity contribution in [3.05, 3.63) is 29.8 Å². The Hall–Kier alpha value is -1.93. The number of rotatable bonds is 10. The van der Waals surface area contributed by atoms with E-state index in [1.807, 2.05) is 6.92 Å². The van der Waals surface area contributed by atoms with E-state index in [2.05, 4.69) is 25.3 Å². The van der Waals surface area contributed by atoms with E-state index in [0.717, 1.165) is 58.8 Å². The molecule has 2 N–H and O–H groups in total. The van der Waals surface area contributed by atoms with Crippen LogP contribution in [0.2, 0.25) is 0 Å². The molecule has 0 amide bonds. The molecule has 0 aliphatic carbocycles. The largest absolute Gasteiger partial charge is 0.434 e. The van der Waals surface area contributed by atoms with Crippen LogP contribution in [0.1, 0.15) is 25.3 Å². The van der Waals surface area contributed by atoms with E-state index >= 15 is 0 Å². The van der Waals surface area contributed by atoms with E-state index in [1.54, 1.807) is 18.2 Å². The van der Waals surface area contributed by atoms with Crippen molar-refractivity contribution in [3.8, 4) is 5.75 Å². The average molecular weight is 384 g/mol. The first-order chi connectivity index (χ1) is 13.2. The number of hydrogen-bond acceptors (Lipinski definition) is 4. The predicted octanol–water partition coefficient (Wildman–Crippen LogP) is 2.46. The van der Waals surface area contributed by atoms with Crippen molar-refractivity contribution in [2.45, 2.75) is 32.9 Å². The maximum absolute atomic E-state index is 12.5. The third-order valence-electron chi connectivity index (χ3n) is 4.24. The van der Waals surface area contributed by atoms with Gasteiger partial charge in [-0.2, -0.15) is 8.78 Å². The molecule has 1 aromatic rings. The van der Waals surface area contributed by atoms with Crippen LogP contribution in [-0.4, -0.2) is 63.4 Å². The van der Waals surface area contributed by atoms with Crippen LogP contribution in [-0.2, 0) is 11.3 Å². The van der Waals surface area contributed by atoms with Gasteiger partial charge in [0, 0.05) is 31.7 Å². The van der Waals surface area contributed by atoms with Crippen molar-refractivity contribution < 1.29 is 18.3 Å². The lowest BCUT2D eigenvalue weighted by atomic mass is 10.2. The minimum atomic E-state index is -2.84. The van der Waals surface area contributed by atoms with Gasteiger partial charge in [0.2, 0.25) is 0 Å². The first kappa shape index (κ1) is 21.4. The molecule has 8 heteroatoms. The Labute approximate surface area is 159 Å². The summed E-state index contributed by atoms with van der Waals surface area (Å²) >= 11 is 0. The smallest absolute Gasteiger partial charge is 0.387 e. The van der Waals surface area contributed by atoms with Crippen molar-refractivity contribution in [2.24, 2.45) is 4.99 Å². The van der Waals surface area contributed by atoms with Gasteiger partial charge in [-0.1, -0.05) is 18.2 Å². The molecule has 1 aliphatic heterocycles. The van der Waals surface area contributed by atoms with E-state index in [0.29, 0.717) is 11.5 Å². The van der Waals surface area contributed by atoms with Gasteiger partial charge in [-0.05, 0) is 32.4 Å². The van der Waals surface area contributed by atoms with Crippen LogP contribution >= 0.6 is 0 Å². The molecule has 152 valence electrons. The Morgan fingerprint density at radius 2 is 2.00 bits per heavy atom. The van der Waals surface area contributed by atoms with Crippen LogP contribution in [0.25, 0.3) is 0 Å². The van der Waals surface area contributed by atoms with Gasteiger partial charge in [0.15, 0.2) is 5.96 Å². The number of ether oxygens (including phenoxy) is 2. The lowest BCUT2D eigenvalue weighted by Gasteiger charge is -2.26. The second-order valence-electron chi connectivity index (χ2n) is 6.27. The van der Waals surface area contributed by atoms with Gasteiger partial charge in [0.1, 0.15) is 5.75 Å². The van der Waals surface area contributed by atoms with Crippen molar-refractivity contribution in [2.75, 3.05) is 45.9 Å². The molecule has 0 unspecified atom stereocenters.